The Kier molecular flexibility index (Phi) is 3.34. The minimum atomic E-state index is -0.182. The Balaban J connectivity index is 1.66. The van der Waals surface area contributed by atoms with Gasteiger partial charge in [-0.1, -0.05) is 0 Å². The van der Waals surface area contributed by atoms with E-state index in [-0.39, 0.29) is 5.82 Å². The summed E-state index contributed by atoms with van der Waals surface area (Å²) in [5.41, 5.74) is 1.46. The van der Waals surface area contributed by atoms with E-state index in [9.17, 15) is 4.39 Å². The Hall–Kier alpha value is -1.33. The fraction of sp³-hybridized carbons (Fsp3) is 0.538. The highest BCUT2D eigenvalue weighted by molar-refractivity contribution is 5.56. The van der Waals surface area contributed by atoms with E-state index in [4.69, 9.17) is 9.47 Å². The first-order valence-electron chi connectivity index (χ1n) is 6.30. The number of rotatable bonds is 4. The second-order valence-corrected chi connectivity index (χ2v) is 4.60. The Morgan fingerprint density at radius 1 is 1.33 bits per heavy atom. The van der Waals surface area contributed by atoms with E-state index in [1.165, 1.54) is 0 Å². The third-order valence-electron chi connectivity index (χ3n) is 3.24. The first-order valence-corrected chi connectivity index (χ1v) is 6.30. The molecule has 98 valence electrons. The van der Waals surface area contributed by atoms with Crippen molar-refractivity contribution in [3.8, 4) is 0 Å². The zero-order valence-electron chi connectivity index (χ0n) is 10.2. The summed E-state index contributed by atoms with van der Waals surface area (Å²) in [6.07, 6.45) is 0.298. The molecule has 1 aromatic rings. The second-order valence-electron chi connectivity index (χ2n) is 4.60. The number of hydrogen-bond acceptors (Lipinski definition) is 4. The molecule has 0 aromatic heterocycles. The van der Waals surface area contributed by atoms with Gasteiger partial charge in [-0.25, -0.2) is 4.39 Å². The molecule has 1 atom stereocenters. The average molecular weight is 252 g/mol. The van der Waals surface area contributed by atoms with E-state index in [1.54, 1.807) is 6.07 Å². The molecule has 1 N–H and O–H groups in total. The van der Waals surface area contributed by atoms with Crippen molar-refractivity contribution in [2.45, 2.75) is 6.10 Å². The van der Waals surface area contributed by atoms with Gasteiger partial charge in [-0.15, -0.1) is 0 Å². The van der Waals surface area contributed by atoms with Crippen molar-refractivity contribution in [2.75, 3.05) is 49.7 Å². The van der Waals surface area contributed by atoms with Crippen LogP contribution in [0, 0.1) is 5.82 Å². The molecule has 1 aromatic carbocycles. The van der Waals surface area contributed by atoms with E-state index in [0.29, 0.717) is 25.0 Å². The fourth-order valence-corrected chi connectivity index (χ4v) is 2.10. The van der Waals surface area contributed by atoms with Crippen LogP contribution < -0.4 is 10.2 Å². The third-order valence-corrected chi connectivity index (χ3v) is 3.24. The number of nitrogens with zero attached hydrogens (tertiary/aromatic N) is 1. The van der Waals surface area contributed by atoms with Gasteiger partial charge >= 0.3 is 0 Å². The van der Waals surface area contributed by atoms with E-state index in [2.05, 4.69) is 5.32 Å². The Morgan fingerprint density at radius 2 is 2.11 bits per heavy atom. The van der Waals surface area contributed by atoms with Crippen molar-refractivity contribution in [3.63, 3.8) is 0 Å². The van der Waals surface area contributed by atoms with E-state index in [1.807, 2.05) is 17.0 Å². The van der Waals surface area contributed by atoms with Crippen LogP contribution in [0.5, 0.6) is 0 Å². The molecule has 2 saturated heterocycles. The van der Waals surface area contributed by atoms with Gasteiger partial charge in [-0.05, 0) is 18.2 Å². The van der Waals surface area contributed by atoms with Gasteiger partial charge in [0.2, 0.25) is 0 Å². The summed E-state index contributed by atoms with van der Waals surface area (Å²) < 4.78 is 24.4. The molecule has 0 spiro atoms. The highest BCUT2D eigenvalue weighted by Crippen LogP contribution is 2.24. The number of morpholine rings is 1. The summed E-state index contributed by atoms with van der Waals surface area (Å²) in [5.74, 6) is -0.182. The number of halogens is 1. The molecule has 2 fully saturated rings. The third kappa shape index (κ3) is 2.73. The van der Waals surface area contributed by atoms with Gasteiger partial charge in [-0.3, -0.25) is 0 Å². The lowest BCUT2D eigenvalue weighted by molar-refractivity contribution is 0.122. The topological polar surface area (TPSA) is 37.0 Å². The number of anilines is 2. The summed E-state index contributed by atoms with van der Waals surface area (Å²) in [5, 5.41) is 3.17. The molecule has 3 rings (SSSR count). The standard InChI is InChI=1S/C13H17FN2O2/c14-12-7-10(15-8-11-9-18-11)1-2-13(12)16-3-5-17-6-4-16/h1-2,7,11,15H,3-6,8-9H2. The summed E-state index contributed by atoms with van der Waals surface area (Å²) >= 11 is 0. The van der Waals surface area contributed by atoms with Crippen LogP contribution >= 0.6 is 0 Å². The molecule has 2 aliphatic heterocycles. The SMILES string of the molecule is Fc1cc(NCC2CO2)ccc1N1CCOCC1. The molecule has 4 nitrogen and oxygen atoms in total. The van der Waals surface area contributed by atoms with Crippen LogP contribution in [0.2, 0.25) is 0 Å². The molecular formula is C13H17FN2O2. The molecule has 2 aliphatic rings. The second kappa shape index (κ2) is 5.12. The normalized spacial score (nSPS) is 22.9. The number of nitrogens with one attached hydrogen (secondary N) is 1. The Bertz CT molecular complexity index is 417. The Morgan fingerprint density at radius 3 is 2.78 bits per heavy atom. The predicted octanol–water partition coefficient (Wildman–Crippen LogP) is 1.47. The lowest BCUT2D eigenvalue weighted by Crippen LogP contribution is -2.36. The quantitative estimate of drug-likeness (QED) is 0.823. The van der Waals surface area contributed by atoms with Crippen LogP contribution in [0.1, 0.15) is 0 Å². The summed E-state index contributed by atoms with van der Waals surface area (Å²) in [6.45, 7) is 4.38. The summed E-state index contributed by atoms with van der Waals surface area (Å²) in [7, 11) is 0. The van der Waals surface area contributed by atoms with Gasteiger partial charge in [0, 0.05) is 25.3 Å². The molecule has 0 aliphatic carbocycles. The zero-order chi connectivity index (χ0) is 12.4. The van der Waals surface area contributed by atoms with Gasteiger partial charge in [0.1, 0.15) is 5.82 Å². The molecule has 5 heteroatoms. The van der Waals surface area contributed by atoms with Crippen LogP contribution in [0.15, 0.2) is 18.2 Å². The van der Waals surface area contributed by atoms with E-state index < -0.39 is 0 Å². The van der Waals surface area contributed by atoms with Crippen LogP contribution in [0.4, 0.5) is 15.8 Å². The van der Waals surface area contributed by atoms with Crippen molar-refractivity contribution in [2.24, 2.45) is 0 Å². The first kappa shape index (κ1) is 11.7. The molecule has 1 unspecified atom stereocenters. The summed E-state index contributed by atoms with van der Waals surface area (Å²) in [4.78, 5) is 2.02. The molecule has 2 heterocycles. The molecule has 0 amide bonds. The van der Waals surface area contributed by atoms with Crippen molar-refractivity contribution in [1.82, 2.24) is 0 Å². The minimum absolute atomic E-state index is 0.182. The van der Waals surface area contributed by atoms with E-state index >= 15 is 0 Å². The number of benzene rings is 1. The first-order chi connectivity index (χ1) is 8.83. The minimum Gasteiger partial charge on any atom is -0.382 e. The van der Waals surface area contributed by atoms with Crippen LogP contribution in [-0.4, -0.2) is 45.6 Å². The molecule has 18 heavy (non-hydrogen) atoms. The van der Waals surface area contributed by atoms with Gasteiger partial charge in [0.05, 0.1) is 31.6 Å². The molecule has 0 bridgehead atoms. The highest BCUT2D eigenvalue weighted by Gasteiger charge is 2.22. The van der Waals surface area contributed by atoms with Crippen molar-refractivity contribution in [1.29, 1.82) is 0 Å². The maximum Gasteiger partial charge on any atom is 0.148 e. The fourth-order valence-electron chi connectivity index (χ4n) is 2.10. The van der Waals surface area contributed by atoms with Crippen molar-refractivity contribution < 1.29 is 13.9 Å². The van der Waals surface area contributed by atoms with Gasteiger partial charge in [0.15, 0.2) is 0 Å². The van der Waals surface area contributed by atoms with Gasteiger partial charge in [0.25, 0.3) is 0 Å². The largest absolute Gasteiger partial charge is 0.382 e. The number of epoxide rings is 1. The van der Waals surface area contributed by atoms with Gasteiger partial charge < -0.3 is 19.7 Å². The van der Waals surface area contributed by atoms with Crippen LogP contribution in [0.25, 0.3) is 0 Å². The lowest BCUT2D eigenvalue weighted by atomic mass is 10.2. The van der Waals surface area contributed by atoms with Gasteiger partial charge in [-0.2, -0.15) is 0 Å². The maximum absolute atomic E-state index is 14.0. The monoisotopic (exact) mass is 252 g/mol. The molecule has 0 saturated carbocycles. The number of ether oxygens (including phenoxy) is 2. The lowest BCUT2D eigenvalue weighted by Gasteiger charge is -2.29. The zero-order valence-corrected chi connectivity index (χ0v) is 10.2. The molecule has 0 radical (unpaired) electrons. The average Bonchev–Trinajstić information content (AvgIpc) is 3.21. The van der Waals surface area contributed by atoms with Crippen LogP contribution in [0.3, 0.4) is 0 Å². The van der Waals surface area contributed by atoms with Crippen molar-refractivity contribution in [3.05, 3.63) is 24.0 Å². The number of hydrogen-bond donors (Lipinski definition) is 1. The van der Waals surface area contributed by atoms with Crippen molar-refractivity contribution >= 4 is 11.4 Å². The van der Waals surface area contributed by atoms with E-state index in [0.717, 1.165) is 31.9 Å². The maximum atomic E-state index is 14.0. The predicted molar refractivity (Wildman–Crippen MR) is 67.7 cm³/mol. The molecular weight excluding hydrogens is 235 g/mol. The van der Waals surface area contributed by atoms with Crippen LogP contribution in [-0.2, 0) is 9.47 Å². The smallest absolute Gasteiger partial charge is 0.148 e. The highest BCUT2D eigenvalue weighted by atomic mass is 19.1. The Labute approximate surface area is 106 Å². The summed E-state index contributed by atoms with van der Waals surface area (Å²) in [6, 6.07) is 5.29.